The lowest BCUT2D eigenvalue weighted by molar-refractivity contribution is -0.0507. The van der Waals surface area contributed by atoms with E-state index in [1.807, 2.05) is 0 Å². The van der Waals surface area contributed by atoms with Crippen LogP contribution < -0.4 is 0 Å². The van der Waals surface area contributed by atoms with Crippen molar-refractivity contribution in [1.29, 1.82) is 0 Å². The minimum absolute atomic E-state index is 0.0105. The molecule has 0 rings (SSSR count). The van der Waals surface area contributed by atoms with E-state index in [4.69, 9.17) is 9.47 Å². The molecule has 0 atom stereocenters. The summed E-state index contributed by atoms with van der Waals surface area (Å²) in [5.74, 6) is 0. The summed E-state index contributed by atoms with van der Waals surface area (Å²) in [6.07, 6.45) is 13.1. The SMILES string of the molecule is CCCCCCCCCCOCCOC(C)(C)CCC. The van der Waals surface area contributed by atoms with Crippen molar-refractivity contribution in [2.45, 2.75) is 97.5 Å². The van der Waals surface area contributed by atoms with Crippen molar-refractivity contribution >= 4 is 0 Å². The fraction of sp³-hybridized carbons (Fsp3) is 1.00. The highest BCUT2D eigenvalue weighted by molar-refractivity contribution is 4.66. The molecule has 2 heteroatoms. The second-order valence-electron chi connectivity index (χ2n) is 6.45. The van der Waals surface area contributed by atoms with Crippen molar-refractivity contribution < 1.29 is 9.47 Å². The van der Waals surface area contributed by atoms with E-state index < -0.39 is 0 Å². The van der Waals surface area contributed by atoms with Gasteiger partial charge < -0.3 is 9.47 Å². The highest BCUT2D eigenvalue weighted by Crippen LogP contribution is 2.15. The average Bonchev–Trinajstić information content (AvgIpc) is 2.40. The van der Waals surface area contributed by atoms with Gasteiger partial charge in [-0.3, -0.25) is 0 Å². The fourth-order valence-electron chi connectivity index (χ4n) is 2.49. The van der Waals surface area contributed by atoms with Crippen molar-refractivity contribution in [3.05, 3.63) is 0 Å². The van der Waals surface area contributed by atoms with Gasteiger partial charge in [-0.1, -0.05) is 65.2 Å². The van der Waals surface area contributed by atoms with E-state index in [-0.39, 0.29) is 5.60 Å². The van der Waals surface area contributed by atoms with Crippen LogP contribution in [0.3, 0.4) is 0 Å². The van der Waals surface area contributed by atoms with Crippen LogP contribution in [0.5, 0.6) is 0 Å². The quantitative estimate of drug-likeness (QED) is 0.357. The van der Waals surface area contributed by atoms with Crippen LogP contribution in [-0.2, 0) is 9.47 Å². The molecule has 0 radical (unpaired) electrons. The van der Waals surface area contributed by atoms with Gasteiger partial charge in [-0.15, -0.1) is 0 Å². The Hall–Kier alpha value is -0.0800. The molecule has 0 fully saturated rings. The topological polar surface area (TPSA) is 18.5 Å². The Bertz CT molecular complexity index is 190. The highest BCUT2D eigenvalue weighted by Gasteiger charge is 2.16. The first-order chi connectivity index (χ1) is 9.62. The summed E-state index contributed by atoms with van der Waals surface area (Å²) in [6.45, 7) is 11.2. The molecule has 0 heterocycles. The number of hydrogen-bond donors (Lipinski definition) is 0. The molecule has 122 valence electrons. The molecule has 0 saturated carbocycles. The van der Waals surface area contributed by atoms with E-state index in [2.05, 4.69) is 27.7 Å². The lowest BCUT2D eigenvalue weighted by Crippen LogP contribution is -2.26. The van der Waals surface area contributed by atoms with Gasteiger partial charge in [0.05, 0.1) is 18.8 Å². The maximum Gasteiger partial charge on any atom is 0.0707 e. The minimum Gasteiger partial charge on any atom is -0.379 e. The van der Waals surface area contributed by atoms with Crippen molar-refractivity contribution in [3.8, 4) is 0 Å². The highest BCUT2D eigenvalue weighted by atomic mass is 16.5. The van der Waals surface area contributed by atoms with Crippen LogP contribution in [0.15, 0.2) is 0 Å². The lowest BCUT2D eigenvalue weighted by atomic mass is 10.0. The first-order valence-corrected chi connectivity index (χ1v) is 8.84. The van der Waals surface area contributed by atoms with Gasteiger partial charge in [-0.2, -0.15) is 0 Å². The average molecular weight is 286 g/mol. The van der Waals surface area contributed by atoms with E-state index in [0.29, 0.717) is 0 Å². The molecular weight excluding hydrogens is 248 g/mol. The smallest absolute Gasteiger partial charge is 0.0707 e. The molecule has 0 N–H and O–H groups in total. The summed E-state index contributed by atoms with van der Waals surface area (Å²) in [7, 11) is 0. The molecular formula is C18H38O2. The van der Waals surface area contributed by atoms with Crippen LogP contribution in [-0.4, -0.2) is 25.4 Å². The summed E-state index contributed by atoms with van der Waals surface area (Å²) in [4.78, 5) is 0. The summed E-state index contributed by atoms with van der Waals surface area (Å²) >= 11 is 0. The Kier molecular flexibility index (Phi) is 13.8. The molecule has 0 spiro atoms. The van der Waals surface area contributed by atoms with E-state index in [9.17, 15) is 0 Å². The number of rotatable bonds is 15. The fourth-order valence-corrected chi connectivity index (χ4v) is 2.49. The third-order valence-corrected chi connectivity index (χ3v) is 3.71. The molecule has 2 nitrogen and oxygen atoms in total. The maximum absolute atomic E-state index is 5.83. The third kappa shape index (κ3) is 14.3. The zero-order valence-corrected chi connectivity index (χ0v) is 14.5. The van der Waals surface area contributed by atoms with Crippen LogP contribution in [0, 0.1) is 0 Å². The molecule has 0 aromatic carbocycles. The normalized spacial score (nSPS) is 12.0. The molecule has 0 bridgehead atoms. The van der Waals surface area contributed by atoms with Crippen LogP contribution in [0.25, 0.3) is 0 Å². The van der Waals surface area contributed by atoms with Crippen LogP contribution in [0.1, 0.15) is 91.9 Å². The monoisotopic (exact) mass is 286 g/mol. The summed E-state index contributed by atoms with van der Waals surface area (Å²) in [5.41, 5.74) is 0.0105. The maximum atomic E-state index is 5.83. The molecule has 0 aliphatic heterocycles. The summed E-state index contributed by atoms with van der Waals surface area (Å²) < 4.78 is 11.5. The lowest BCUT2D eigenvalue weighted by Gasteiger charge is -2.24. The summed E-state index contributed by atoms with van der Waals surface area (Å²) in [6, 6.07) is 0. The molecule has 0 saturated heterocycles. The Balaban J connectivity index is 3.13. The molecule has 0 aliphatic carbocycles. The molecule has 0 aromatic heterocycles. The van der Waals surface area contributed by atoms with Gasteiger partial charge in [0.2, 0.25) is 0 Å². The molecule has 0 aliphatic rings. The van der Waals surface area contributed by atoms with Crippen LogP contribution >= 0.6 is 0 Å². The summed E-state index contributed by atoms with van der Waals surface area (Å²) in [5, 5.41) is 0. The van der Waals surface area contributed by atoms with Gasteiger partial charge in [0, 0.05) is 6.61 Å². The van der Waals surface area contributed by atoms with Gasteiger partial charge in [0.1, 0.15) is 0 Å². The first-order valence-electron chi connectivity index (χ1n) is 8.84. The third-order valence-electron chi connectivity index (χ3n) is 3.71. The minimum atomic E-state index is 0.0105. The number of hydrogen-bond acceptors (Lipinski definition) is 2. The second kappa shape index (κ2) is 13.9. The van der Waals surface area contributed by atoms with Crippen molar-refractivity contribution in [2.24, 2.45) is 0 Å². The van der Waals surface area contributed by atoms with Crippen LogP contribution in [0.2, 0.25) is 0 Å². The van der Waals surface area contributed by atoms with Crippen molar-refractivity contribution in [3.63, 3.8) is 0 Å². The predicted octanol–water partition coefficient (Wildman–Crippen LogP) is 5.74. The Morgan fingerprint density at radius 3 is 1.85 bits per heavy atom. The first kappa shape index (κ1) is 19.9. The molecule has 0 aromatic rings. The zero-order valence-electron chi connectivity index (χ0n) is 14.5. The van der Waals surface area contributed by atoms with Gasteiger partial charge in [-0.25, -0.2) is 0 Å². The van der Waals surface area contributed by atoms with E-state index in [0.717, 1.165) is 26.2 Å². The van der Waals surface area contributed by atoms with Gasteiger partial charge in [0.15, 0.2) is 0 Å². The van der Waals surface area contributed by atoms with E-state index in [1.54, 1.807) is 0 Å². The standard InChI is InChI=1S/C18H38O2/c1-5-7-8-9-10-11-12-13-15-19-16-17-20-18(3,4)14-6-2/h5-17H2,1-4H3. The van der Waals surface area contributed by atoms with Gasteiger partial charge in [0.25, 0.3) is 0 Å². The number of unbranched alkanes of at least 4 members (excludes halogenated alkanes) is 7. The predicted molar refractivity (Wildman–Crippen MR) is 88.4 cm³/mol. The largest absolute Gasteiger partial charge is 0.379 e. The van der Waals surface area contributed by atoms with Crippen LogP contribution in [0.4, 0.5) is 0 Å². The van der Waals surface area contributed by atoms with E-state index >= 15 is 0 Å². The molecule has 20 heavy (non-hydrogen) atoms. The number of ether oxygens (including phenoxy) is 2. The van der Waals surface area contributed by atoms with E-state index in [1.165, 1.54) is 57.8 Å². The van der Waals surface area contributed by atoms with Gasteiger partial charge in [-0.05, 0) is 26.7 Å². The molecule has 0 amide bonds. The Labute approximate surface area is 127 Å². The molecule has 0 unspecified atom stereocenters. The Morgan fingerprint density at radius 2 is 1.25 bits per heavy atom. The Morgan fingerprint density at radius 1 is 0.650 bits per heavy atom. The second-order valence-corrected chi connectivity index (χ2v) is 6.45. The zero-order chi connectivity index (χ0) is 15.1. The van der Waals surface area contributed by atoms with Crippen molar-refractivity contribution in [2.75, 3.05) is 19.8 Å². The van der Waals surface area contributed by atoms with Crippen molar-refractivity contribution in [1.82, 2.24) is 0 Å². The van der Waals surface area contributed by atoms with Gasteiger partial charge >= 0.3 is 0 Å².